The van der Waals surface area contributed by atoms with Crippen LogP contribution in [0.5, 0.6) is 0 Å². The lowest BCUT2D eigenvalue weighted by Crippen LogP contribution is -2.09. The molecule has 0 fully saturated rings. The molecule has 0 atom stereocenters. The highest BCUT2D eigenvalue weighted by atomic mass is 32.1. The van der Waals surface area contributed by atoms with Gasteiger partial charge in [-0.2, -0.15) is 23.5 Å². The van der Waals surface area contributed by atoms with Crippen molar-refractivity contribution in [3.05, 3.63) is 59.2 Å². The van der Waals surface area contributed by atoms with Crippen LogP contribution in [0.4, 0.5) is 17.6 Å². The predicted molar refractivity (Wildman–Crippen MR) is 102 cm³/mol. The van der Waals surface area contributed by atoms with Crippen LogP contribution in [0.25, 0.3) is 32.3 Å². The van der Waals surface area contributed by atoms with E-state index in [4.69, 9.17) is 0 Å². The molecule has 0 amide bonds. The molecule has 4 aromatic rings. The van der Waals surface area contributed by atoms with E-state index in [-0.39, 0.29) is 23.2 Å². The minimum Gasteiger partial charge on any atom is -0.272 e. The molecule has 0 radical (unpaired) electrons. The average molecular weight is 416 g/mol. The Bertz CT molecular complexity index is 1260. The van der Waals surface area contributed by atoms with Gasteiger partial charge in [0.2, 0.25) is 0 Å². The Balaban J connectivity index is 2.03. The lowest BCUT2D eigenvalue weighted by Gasteiger charge is -2.12. The number of aryl methyl sites for hydroxylation is 1. The van der Waals surface area contributed by atoms with Crippen LogP contribution in [0.3, 0.4) is 0 Å². The fourth-order valence-electron chi connectivity index (χ4n) is 3.19. The summed E-state index contributed by atoms with van der Waals surface area (Å²) < 4.78 is 56.8. The molecule has 0 aliphatic rings. The molecule has 0 bridgehead atoms. The van der Waals surface area contributed by atoms with Crippen LogP contribution in [0.15, 0.2) is 42.9 Å². The zero-order valence-corrected chi connectivity index (χ0v) is 15.8. The molecule has 4 rings (SSSR count). The molecule has 0 N–H and O–H groups in total. The van der Waals surface area contributed by atoms with Crippen molar-refractivity contribution in [3.63, 3.8) is 0 Å². The first-order valence-electron chi connectivity index (χ1n) is 8.54. The van der Waals surface area contributed by atoms with Gasteiger partial charge in [0.1, 0.15) is 16.8 Å². The number of pyridine rings is 1. The van der Waals surface area contributed by atoms with Crippen molar-refractivity contribution in [2.45, 2.75) is 19.6 Å². The van der Waals surface area contributed by atoms with Crippen molar-refractivity contribution in [2.24, 2.45) is 0 Å². The van der Waals surface area contributed by atoms with E-state index in [0.29, 0.717) is 20.5 Å². The van der Waals surface area contributed by atoms with Crippen LogP contribution in [-0.4, -0.2) is 14.8 Å². The molecular weight excluding hydrogens is 404 g/mol. The van der Waals surface area contributed by atoms with E-state index in [1.807, 2.05) is 6.07 Å². The maximum atomic E-state index is 14.1. The summed E-state index contributed by atoms with van der Waals surface area (Å²) in [6.07, 6.45) is -0.324. The highest BCUT2D eigenvalue weighted by Crippen LogP contribution is 2.42. The molecule has 0 aliphatic carbocycles. The van der Waals surface area contributed by atoms with Crippen molar-refractivity contribution < 1.29 is 17.6 Å². The van der Waals surface area contributed by atoms with Crippen molar-refractivity contribution in [1.82, 2.24) is 14.8 Å². The van der Waals surface area contributed by atoms with Crippen molar-refractivity contribution in [2.75, 3.05) is 0 Å². The Morgan fingerprint density at radius 1 is 1.10 bits per heavy atom. The lowest BCUT2D eigenvalue weighted by molar-refractivity contribution is -0.141. The summed E-state index contributed by atoms with van der Waals surface area (Å²) >= 11 is 1.21. The Labute approximate surface area is 166 Å². The molecule has 9 heteroatoms. The van der Waals surface area contributed by atoms with E-state index >= 15 is 0 Å². The van der Waals surface area contributed by atoms with Gasteiger partial charge in [-0.25, -0.2) is 4.39 Å². The topological polar surface area (TPSA) is 54.5 Å². The number of hydrogen-bond donors (Lipinski definition) is 0. The van der Waals surface area contributed by atoms with Crippen LogP contribution >= 0.6 is 11.3 Å². The quantitative estimate of drug-likeness (QED) is 0.392. The zero-order valence-electron chi connectivity index (χ0n) is 15.0. The normalized spacial score (nSPS) is 11.7. The number of nitrogens with zero attached hydrogens (tertiary/aromatic N) is 4. The number of hydrogen-bond acceptors (Lipinski definition) is 4. The molecule has 0 saturated carbocycles. The summed E-state index contributed by atoms with van der Waals surface area (Å²) in [6, 6.07) is 7.29. The van der Waals surface area contributed by atoms with E-state index in [2.05, 4.69) is 10.1 Å². The number of rotatable bonds is 3. The van der Waals surface area contributed by atoms with E-state index < -0.39 is 17.7 Å². The molecule has 0 spiro atoms. The second-order valence-electron chi connectivity index (χ2n) is 6.26. The van der Waals surface area contributed by atoms with Crippen LogP contribution in [0.1, 0.15) is 17.5 Å². The molecule has 0 saturated heterocycles. The van der Waals surface area contributed by atoms with E-state index in [9.17, 15) is 22.8 Å². The molecule has 1 aromatic carbocycles. The van der Waals surface area contributed by atoms with Gasteiger partial charge in [0.05, 0.1) is 4.70 Å². The summed E-state index contributed by atoms with van der Waals surface area (Å²) in [6.45, 7) is 1.94. The number of alkyl halides is 3. The van der Waals surface area contributed by atoms with Gasteiger partial charge < -0.3 is 0 Å². The highest BCUT2D eigenvalue weighted by Gasteiger charge is 2.38. The maximum Gasteiger partial charge on any atom is 0.435 e. The molecule has 29 heavy (non-hydrogen) atoms. The molecule has 0 aliphatic heterocycles. The summed E-state index contributed by atoms with van der Waals surface area (Å²) in [5.74, 6) is -0.590. The standard InChI is InChI=1S/C20H12F4N4S/c1-2-28-10-17(19(27-28)20(22,23)24)13-4-3-11(21)5-14(13)16-8-26-9-18-15(16)6-12(7-25)29-18/h3-6,8-10H,2H2,1H3. The average Bonchev–Trinajstić information content (AvgIpc) is 3.31. The van der Waals surface area contributed by atoms with Crippen LogP contribution in [0.2, 0.25) is 0 Å². The van der Waals surface area contributed by atoms with Gasteiger partial charge in [-0.3, -0.25) is 9.67 Å². The van der Waals surface area contributed by atoms with Crippen molar-refractivity contribution in [1.29, 1.82) is 5.26 Å². The van der Waals surface area contributed by atoms with Gasteiger partial charge in [0, 0.05) is 41.6 Å². The third kappa shape index (κ3) is 3.36. The fraction of sp³-hybridized carbons (Fsp3) is 0.150. The molecule has 4 nitrogen and oxygen atoms in total. The Hall–Kier alpha value is -3.25. The van der Waals surface area contributed by atoms with Gasteiger partial charge in [-0.05, 0) is 36.2 Å². The minimum atomic E-state index is -4.66. The monoisotopic (exact) mass is 416 g/mol. The second-order valence-corrected chi connectivity index (χ2v) is 7.34. The maximum absolute atomic E-state index is 14.1. The first-order chi connectivity index (χ1) is 13.8. The summed E-state index contributed by atoms with van der Waals surface area (Å²) in [5, 5.41) is 13.5. The molecular formula is C20H12F4N4S. The van der Waals surface area contributed by atoms with E-state index in [1.165, 1.54) is 40.5 Å². The third-order valence-corrected chi connectivity index (χ3v) is 5.45. The number of nitriles is 1. The number of thiophene rings is 1. The minimum absolute atomic E-state index is 0.137. The Morgan fingerprint density at radius 2 is 1.90 bits per heavy atom. The highest BCUT2D eigenvalue weighted by molar-refractivity contribution is 7.19. The fourth-order valence-corrected chi connectivity index (χ4v) is 4.05. The number of fused-ring (bicyclic) bond motifs is 1. The van der Waals surface area contributed by atoms with Gasteiger partial charge in [-0.1, -0.05) is 6.07 Å². The number of halogens is 4. The zero-order chi connectivity index (χ0) is 20.8. The summed E-state index contributed by atoms with van der Waals surface area (Å²) in [4.78, 5) is 4.56. The predicted octanol–water partition coefficient (Wildman–Crippen LogP) is 5.88. The van der Waals surface area contributed by atoms with Gasteiger partial charge in [-0.15, -0.1) is 11.3 Å². The Kier molecular flexibility index (Phi) is 4.59. The van der Waals surface area contributed by atoms with E-state index in [1.54, 1.807) is 19.2 Å². The van der Waals surface area contributed by atoms with Crippen LogP contribution in [0, 0.1) is 17.1 Å². The number of benzene rings is 1. The number of aromatic nitrogens is 3. The molecule has 3 heterocycles. The Morgan fingerprint density at radius 3 is 2.59 bits per heavy atom. The summed E-state index contributed by atoms with van der Waals surface area (Å²) in [7, 11) is 0. The van der Waals surface area contributed by atoms with Crippen LogP contribution < -0.4 is 0 Å². The molecule has 0 unspecified atom stereocenters. The molecule has 3 aromatic heterocycles. The largest absolute Gasteiger partial charge is 0.435 e. The van der Waals surface area contributed by atoms with Gasteiger partial charge in [0.15, 0.2) is 5.69 Å². The van der Waals surface area contributed by atoms with Gasteiger partial charge in [0.25, 0.3) is 0 Å². The van der Waals surface area contributed by atoms with Crippen LogP contribution in [-0.2, 0) is 12.7 Å². The molecule has 146 valence electrons. The third-order valence-electron chi connectivity index (χ3n) is 4.47. The van der Waals surface area contributed by atoms with Crippen molar-refractivity contribution in [3.8, 4) is 28.3 Å². The first-order valence-corrected chi connectivity index (χ1v) is 9.36. The lowest BCUT2D eigenvalue weighted by atomic mass is 9.94. The SMILES string of the molecule is CCn1cc(-c2ccc(F)cc2-c2cncc3sc(C#N)cc23)c(C(F)(F)F)n1. The second kappa shape index (κ2) is 6.97. The summed E-state index contributed by atoms with van der Waals surface area (Å²) in [5.41, 5.74) is -0.270. The van der Waals surface area contributed by atoms with Crippen molar-refractivity contribution >= 4 is 21.4 Å². The first kappa shape index (κ1) is 19.1. The van der Waals surface area contributed by atoms with Gasteiger partial charge >= 0.3 is 6.18 Å². The van der Waals surface area contributed by atoms with E-state index in [0.717, 1.165) is 6.07 Å². The smallest absolute Gasteiger partial charge is 0.272 e.